The van der Waals surface area contributed by atoms with Crippen molar-refractivity contribution in [2.45, 2.75) is 0 Å². The van der Waals surface area contributed by atoms with Gasteiger partial charge in [-0.1, -0.05) is 72.8 Å². The van der Waals surface area contributed by atoms with Gasteiger partial charge in [-0.2, -0.15) is 10.5 Å². The Morgan fingerprint density at radius 3 is 1.95 bits per heavy atom. The summed E-state index contributed by atoms with van der Waals surface area (Å²) in [6, 6.07) is 50.3. The smallest absolute Gasteiger partial charge is 0.101 e. The highest BCUT2D eigenvalue weighted by molar-refractivity contribution is 6.17. The van der Waals surface area contributed by atoms with Gasteiger partial charge in [0.15, 0.2) is 0 Å². The van der Waals surface area contributed by atoms with Crippen molar-refractivity contribution in [3.05, 3.63) is 145 Å². The lowest BCUT2D eigenvalue weighted by molar-refractivity contribution is 1.16. The first kappa shape index (κ1) is 23.8. The molecule has 0 aliphatic heterocycles. The zero-order valence-electron chi connectivity index (χ0n) is 22.5. The number of nitrogens with zero attached hydrogens (tertiary/aromatic N) is 4. The molecule has 8 rings (SSSR count). The topological polar surface area (TPSA) is 57.4 Å². The van der Waals surface area contributed by atoms with Gasteiger partial charge in [0.2, 0.25) is 0 Å². The van der Waals surface area contributed by atoms with Crippen molar-refractivity contribution in [3.63, 3.8) is 0 Å². The van der Waals surface area contributed by atoms with Crippen LogP contribution >= 0.6 is 0 Å². The molecule has 0 atom stereocenters. The van der Waals surface area contributed by atoms with E-state index in [2.05, 4.69) is 124 Å². The van der Waals surface area contributed by atoms with Gasteiger partial charge in [-0.15, -0.1) is 0 Å². The van der Waals surface area contributed by atoms with Gasteiger partial charge >= 0.3 is 0 Å². The predicted molar refractivity (Wildman–Crippen MR) is 170 cm³/mol. The van der Waals surface area contributed by atoms with E-state index in [-0.39, 0.29) is 0 Å². The molecule has 0 N–H and O–H groups in total. The number of aromatic nitrogens is 2. The van der Waals surface area contributed by atoms with Crippen molar-refractivity contribution in [1.29, 1.82) is 10.5 Å². The number of fused-ring (bicyclic) bond motifs is 6. The third kappa shape index (κ3) is 3.40. The first-order valence-corrected chi connectivity index (χ1v) is 13.8. The zero-order chi connectivity index (χ0) is 28.2. The second kappa shape index (κ2) is 9.24. The second-order valence-electron chi connectivity index (χ2n) is 10.4. The van der Waals surface area contributed by atoms with Crippen LogP contribution in [-0.4, -0.2) is 9.13 Å². The minimum Gasteiger partial charge on any atom is -0.309 e. The van der Waals surface area contributed by atoms with E-state index in [0.717, 1.165) is 38.7 Å². The highest BCUT2D eigenvalue weighted by Gasteiger charge is 2.19. The number of rotatable bonds is 3. The van der Waals surface area contributed by atoms with Crippen molar-refractivity contribution >= 4 is 43.6 Å². The lowest BCUT2D eigenvalue weighted by atomic mass is 9.98. The van der Waals surface area contributed by atoms with Crippen molar-refractivity contribution in [2.75, 3.05) is 0 Å². The molecule has 0 unspecified atom stereocenters. The molecule has 4 nitrogen and oxygen atoms in total. The minimum absolute atomic E-state index is 0.472. The molecule has 0 saturated heterocycles. The van der Waals surface area contributed by atoms with Crippen molar-refractivity contribution in [3.8, 4) is 34.6 Å². The van der Waals surface area contributed by atoms with E-state index in [1.54, 1.807) is 12.1 Å². The molecule has 6 aromatic carbocycles. The van der Waals surface area contributed by atoms with Crippen LogP contribution in [-0.2, 0) is 0 Å². The van der Waals surface area contributed by atoms with Gasteiger partial charge in [0.05, 0.1) is 45.0 Å². The lowest BCUT2D eigenvalue weighted by Crippen LogP contribution is -1.98. The van der Waals surface area contributed by atoms with Crippen LogP contribution in [0.25, 0.3) is 66.1 Å². The third-order valence-corrected chi connectivity index (χ3v) is 8.18. The van der Waals surface area contributed by atoms with Gasteiger partial charge in [-0.25, -0.2) is 0 Å². The quantitative estimate of drug-likeness (QED) is 0.227. The Bertz CT molecular complexity index is 2430. The second-order valence-corrected chi connectivity index (χ2v) is 10.4. The SMILES string of the molecule is N#Cc1ccc(-n2c3ccccc3c3cc(-c4cccc5c4c4ccccc4n5-c4ccccc4)ccc32)c(C#N)c1. The van der Waals surface area contributed by atoms with Crippen LogP contribution in [0.2, 0.25) is 0 Å². The van der Waals surface area contributed by atoms with Crippen molar-refractivity contribution in [1.82, 2.24) is 9.13 Å². The maximum absolute atomic E-state index is 9.97. The standard InChI is InChI=1S/C38H22N4/c39-23-25-17-19-33(27(21-25)24-40)42-34-14-6-4-11-30(34)32-22-26(18-20-36(32)42)29-13-8-16-37-38(29)31-12-5-7-15-35(31)41(37)28-9-2-1-3-10-28/h1-22H. The molecule has 0 amide bonds. The van der Waals surface area contributed by atoms with Gasteiger partial charge in [-0.05, 0) is 71.8 Å². The summed E-state index contributed by atoms with van der Waals surface area (Å²) in [6.45, 7) is 0. The lowest BCUT2D eigenvalue weighted by Gasteiger charge is -2.11. The molecule has 2 aromatic heterocycles. The summed E-state index contributed by atoms with van der Waals surface area (Å²) >= 11 is 0. The largest absolute Gasteiger partial charge is 0.309 e. The summed E-state index contributed by atoms with van der Waals surface area (Å²) in [5.41, 5.74) is 9.52. The average Bonchev–Trinajstić information content (AvgIpc) is 3.57. The number of benzene rings is 6. The number of hydrogen-bond acceptors (Lipinski definition) is 2. The van der Waals surface area contributed by atoms with Crippen molar-refractivity contribution in [2.24, 2.45) is 0 Å². The summed E-state index contributed by atoms with van der Waals surface area (Å²) in [5, 5.41) is 24.0. The van der Waals surface area contributed by atoms with Crippen molar-refractivity contribution < 1.29 is 0 Å². The average molecular weight is 535 g/mol. The fourth-order valence-corrected chi connectivity index (χ4v) is 6.41. The van der Waals surface area contributed by atoms with Crippen LogP contribution in [0.4, 0.5) is 0 Å². The predicted octanol–water partition coefficient (Wildman–Crippen LogP) is 9.29. The van der Waals surface area contributed by atoms with Gasteiger partial charge in [0.25, 0.3) is 0 Å². The van der Waals surface area contributed by atoms with Crippen LogP contribution in [0.15, 0.2) is 133 Å². The zero-order valence-corrected chi connectivity index (χ0v) is 22.5. The Labute approximate surface area is 242 Å². The van der Waals surface area contributed by atoms with E-state index in [1.165, 1.54) is 27.4 Å². The van der Waals surface area contributed by atoms with E-state index < -0.39 is 0 Å². The summed E-state index contributed by atoms with van der Waals surface area (Å²) < 4.78 is 4.48. The Balaban J connectivity index is 1.42. The molecule has 0 fully saturated rings. The van der Waals surface area contributed by atoms with E-state index in [4.69, 9.17) is 0 Å². The fraction of sp³-hybridized carbons (Fsp3) is 0. The number of para-hydroxylation sites is 3. The fourth-order valence-electron chi connectivity index (χ4n) is 6.41. The highest BCUT2D eigenvalue weighted by Crippen LogP contribution is 2.41. The van der Waals surface area contributed by atoms with Gasteiger partial charge < -0.3 is 9.13 Å². The normalized spacial score (nSPS) is 11.3. The highest BCUT2D eigenvalue weighted by atomic mass is 15.0. The monoisotopic (exact) mass is 534 g/mol. The molecule has 0 aliphatic rings. The van der Waals surface area contributed by atoms with E-state index in [9.17, 15) is 10.5 Å². The number of hydrogen-bond donors (Lipinski definition) is 0. The summed E-state index contributed by atoms with van der Waals surface area (Å²) in [5.74, 6) is 0. The van der Waals surface area contributed by atoms with Crippen LogP contribution in [0.3, 0.4) is 0 Å². The van der Waals surface area contributed by atoms with Gasteiger partial charge in [0, 0.05) is 27.2 Å². The maximum Gasteiger partial charge on any atom is 0.101 e. The Hall–Kier alpha value is -6.10. The van der Waals surface area contributed by atoms with Gasteiger partial charge in [0.1, 0.15) is 6.07 Å². The number of nitriles is 2. The first-order chi connectivity index (χ1) is 20.8. The molecule has 0 saturated carbocycles. The summed E-state index contributed by atoms with van der Waals surface area (Å²) in [4.78, 5) is 0. The minimum atomic E-state index is 0.472. The molecule has 2 heterocycles. The van der Waals surface area contributed by atoms with Crippen LogP contribution in [0.5, 0.6) is 0 Å². The first-order valence-electron chi connectivity index (χ1n) is 13.8. The van der Waals surface area contributed by atoms with E-state index in [1.807, 2.05) is 18.2 Å². The molecule has 4 heteroatoms. The Morgan fingerprint density at radius 2 is 1.17 bits per heavy atom. The summed E-state index contributed by atoms with van der Waals surface area (Å²) in [6.07, 6.45) is 0. The maximum atomic E-state index is 9.97. The molecule has 0 radical (unpaired) electrons. The molecular weight excluding hydrogens is 512 g/mol. The van der Waals surface area contributed by atoms with E-state index >= 15 is 0 Å². The van der Waals surface area contributed by atoms with Crippen LogP contribution in [0.1, 0.15) is 11.1 Å². The molecule has 0 aliphatic carbocycles. The van der Waals surface area contributed by atoms with E-state index in [0.29, 0.717) is 11.1 Å². The van der Waals surface area contributed by atoms with Crippen LogP contribution < -0.4 is 0 Å². The Kier molecular flexibility index (Phi) is 5.22. The molecule has 8 aromatic rings. The summed E-state index contributed by atoms with van der Waals surface area (Å²) in [7, 11) is 0. The molecule has 0 bridgehead atoms. The Morgan fingerprint density at radius 1 is 0.476 bits per heavy atom. The third-order valence-electron chi connectivity index (χ3n) is 8.18. The molecular formula is C38H22N4. The van der Waals surface area contributed by atoms with Crippen LogP contribution in [0, 0.1) is 22.7 Å². The van der Waals surface area contributed by atoms with Gasteiger partial charge in [-0.3, -0.25) is 0 Å². The molecule has 194 valence electrons. The molecule has 0 spiro atoms. The molecule has 42 heavy (non-hydrogen) atoms.